The Morgan fingerprint density at radius 2 is 1.70 bits per heavy atom. The Kier molecular flexibility index (Phi) is 4.50. The molecule has 0 aliphatic carbocycles. The van der Waals surface area contributed by atoms with Gasteiger partial charge in [0.2, 0.25) is 0 Å². The van der Waals surface area contributed by atoms with Crippen molar-refractivity contribution in [1.82, 2.24) is 5.16 Å². The van der Waals surface area contributed by atoms with Gasteiger partial charge >= 0.3 is 5.97 Å². The van der Waals surface area contributed by atoms with Crippen LogP contribution in [0.2, 0.25) is 5.02 Å². The first-order chi connectivity index (χ1) is 11.1. The normalized spacial score (nSPS) is 10.6. The maximum Gasteiger partial charge on any atom is 0.337 e. The van der Waals surface area contributed by atoms with Gasteiger partial charge in [0.25, 0.3) is 0 Å². The summed E-state index contributed by atoms with van der Waals surface area (Å²) in [6.07, 6.45) is 0. The smallest absolute Gasteiger partial charge is 0.337 e. The molecule has 6 heteroatoms. The van der Waals surface area contributed by atoms with Crippen LogP contribution in [0.4, 0.5) is 0 Å². The maximum absolute atomic E-state index is 11.5. The van der Waals surface area contributed by atoms with Crippen LogP contribution in [0, 0.1) is 0 Å². The number of halogens is 2. The maximum atomic E-state index is 11.5. The summed E-state index contributed by atoms with van der Waals surface area (Å²) in [5.74, 6) is 0.210. The summed E-state index contributed by atoms with van der Waals surface area (Å²) in [7, 11) is 1.35. The van der Waals surface area contributed by atoms with E-state index in [1.807, 2.05) is 12.1 Å². The molecule has 3 aromatic rings. The molecule has 0 aliphatic rings. The molecule has 23 heavy (non-hydrogen) atoms. The fraction of sp³-hybridized carbons (Fsp3) is 0.0588. The summed E-state index contributed by atoms with van der Waals surface area (Å²) in [4.78, 5) is 11.5. The lowest BCUT2D eigenvalue weighted by molar-refractivity contribution is 0.0601. The topological polar surface area (TPSA) is 52.3 Å². The third-order valence-electron chi connectivity index (χ3n) is 3.32. The van der Waals surface area contributed by atoms with Crippen molar-refractivity contribution < 1.29 is 14.1 Å². The number of carbonyl (C=O) groups excluding carboxylic acids is 1. The minimum atomic E-state index is -0.380. The second-order valence-electron chi connectivity index (χ2n) is 4.75. The van der Waals surface area contributed by atoms with Gasteiger partial charge in [0.1, 0.15) is 5.69 Å². The van der Waals surface area contributed by atoms with E-state index in [0.29, 0.717) is 22.0 Å². The molecule has 0 radical (unpaired) electrons. The molecule has 0 N–H and O–H groups in total. The van der Waals surface area contributed by atoms with Crippen LogP contribution in [0.1, 0.15) is 10.4 Å². The van der Waals surface area contributed by atoms with E-state index in [-0.39, 0.29) is 5.97 Å². The zero-order chi connectivity index (χ0) is 16.4. The zero-order valence-corrected chi connectivity index (χ0v) is 14.4. The number of methoxy groups -OCH3 is 1. The molecule has 0 amide bonds. The number of carbonyl (C=O) groups is 1. The number of rotatable bonds is 3. The highest BCUT2D eigenvalue weighted by Gasteiger charge is 2.17. The predicted molar refractivity (Wildman–Crippen MR) is 91.4 cm³/mol. The van der Waals surface area contributed by atoms with Crippen LogP contribution in [-0.2, 0) is 4.74 Å². The summed E-state index contributed by atoms with van der Waals surface area (Å²) in [6.45, 7) is 0. The molecule has 0 saturated heterocycles. The van der Waals surface area contributed by atoms with E-state index >= 15 is 0 Å². The molecule has 116 valence electrons. The van der Waals surface area contributed by atoms with E-state index in [4.69, 9.17) is 16.1 Å². The number of nitrogens with zero attached hydrogens (tertiary/aromatic N) is 1. The van der Waals surface area contributed by atoms with Crippen LogP contribution in [0.15, 0.2) is 57.5 Å². The lowest BCUT2D eigenvalue weighted by Crippen LogP contribution is -2.00. The molecule has 0 saturated carbocycles. The van der Waals surface area contributed by atoms with Crippen molar-refractivity contribution in [2.75, 3.05) is 7.11 Å². The Morgan fingerprint density at radius 3 is 2.30 bits per heavy atom. The molecule has 4 nitrogen and oxygen atoms in total. The second-order valence-corrected chi connectivity index (χ2v) is 5.98. The van der Waals surface area contributed by atoms with E-state index in [9.17, 15) is 4.79 Å². The lowest BCUT2D eigenvalue weighted by Gasteiger charge is -2.01. The molecule has 0 bridgehead atoms. The number of benzene rings is 2. The van der Waals surface area contributed by atoms with Crippen molar-refractivity contribution in [3.63, 3.8) is 0 Å². The van der Waals surface area contributed by atoms with Crippen molar-refractivity contribution in [2.45, 2.75) is 0 Å². The van der Waals surface area contributed by atoms with Crippen LogP contribution < -0.4 is 0 Å². The van der Waals surface area contributed by atoms with Crippen molar-refractivity contribution >= 4 is 33.5 Å². The van der Waals surface area contributed by atoms with Crippen LogP contribution in [-0.4, -0.2) is 18.2 Å². The molecular weight excluding hydrogens is 382 g/mol. The first kappa shape index (κ1) is 15.8. The van der Waals surface area contributed by atoms with Gasteiger partial charge in [-0.05, 0) is 40.2 Å². The molecular formula is C17H11BrClNO3. The molecule has 1 heterocycles. The number of esters is 1. The first-order valence-corrected chi connectivity index (χ1v) is 7.87. The summed E-state index contributed by atoms with van der Waals surface area (Å²) in [5.41, 5.74) is 2.86. The molecule has 0 fully saturated rings. The Hall–Kier alpha value is -2.11. The fourth-order valence-electron chi connectivity index (χ4n) is 2.12. The Morgan fingerprint density at radius 1 is 1.09 bits per heavy atom. The Balaban J connectivity index is 1.95. The van der Waals surface area contributed by atoms with Gasteiger partial charge in [-0.1, -0.05) is 41.0 Å². The van der Waals surface area contributed by atoms with E-state index in [2.05, 4.69) is 25.8 Å². The van der Waals surface area contributed by atoms with E-state index < -0.39 is 0 Å². The quantitative estimate of drug-likeness (QED) is 0.574. The highest BCUT2D eigenvalue weighted by molar-refractivity contribution is 9.10. The van der Waals surface area contributed by atoms with Gasteiger partial charge in [-0.15, -0.1) is 0 Å². The summed E-state index contributed by atoms with van der Waals surface area (Å²) < 4.78 is 10.9. The number of hydrogen-bond acceptors (Lipinski definition) is 4. The number of aromatic nitrogens is 1. The van der Waals surface area contributed by atoms with Crippen LogP contribution in [0.3, 0.4) is 0 Å². The fourth-order valence-corrected chi connectivity index (χ4v) is 2.85. The summed E-state index contributed by atoms with van der Waals surface area (Å²) in [5, 5.41) is 4.77. The average molecular weight is 393 g/mol. The SMILES string of the molecule is COC(=O)c1ccc(-c2onc(-c3ccc(Cl)cc3)c2Br)cc1. The summed E-state index contributed by atoms with van der Waals surface area (Å²) >= 11 is 9.42. The molecule has 0 unspecified atom stereocenters. The third-order valence-corrected chi connectivity index (χ3v) is 4.31. The molecule has 0 aliphatic heterocycles. The van der Waals surface area contributed by atoms with Gasteiger partial charge in [0, 0.05) is 16.1 Å². The molecule has 0 atom stereocenters. The highest BCUT2D eigenvalue weighted by atomic mass is 79.9. The minimum absolute atomic E-state index is 0.380. The van der Waals surface area contributed by atoms with Gasteiger partial charge in [-0.3, -0.25) is 0 Å². The highest BCUT2D eigenvalue weighted by Crippen LogP contribution is 2.36. The Labute approximate surface area is 146 Å². The standard InChI is InChI=1S/C17H11BrClNO3/c1-22-17(21)12-4-2-11(3-5-12)16-14(18)15(20-23-16)10-6-8-13(19)9-7-10/h2-9H,1H3. The molecule has 0 spiro atoms. The van der Waals surface area contributed by atoms with Gasteiger partial charge in [0.05, 0.1) is 17.1 Å². The van der Waals surface area contributed by atoms with E-state index in [1.165, 1.54) is 7.11 Å². The Bertz CT molecular complexity index is 841. The second kappa shape index (κ2) is 6.56. The molecule has 1 aromatic heterocycles. The minimum Gasteiger partial charge on any atom is -0.465 e. The van der Waals surface area contributed by atoms with E-state index in [1.54, 1.807) is 36.4 Å². The number of ether oxygens (including phenoxy) is 1. The lowest BCUT2D eigenvalue weighted by atomic mass is 10.1. The van der Waals surface area contributed by atoms with Crippen molar-refractivity contribution in [3.05, 3.63) is 63.6 Å². The molecule has 3 rings (SSSR count). The number of hydrogen-bond donors (Lipinski definition) is 0. The molecule has 2 aromatic carbocycles. The van der Waals surface area contributed by atoms with Gasteiger partial charge in [-0.2, -0.15) is 0 Å². The van der Waals surface area contributed by atoms with Gasteiger partial charge < -0.3 is 9.26 Å². The van der Waals surface area contributed by atoms with Crippen LogP contribution in [0.25, 0.3) is 22.6 Å². The van der Waals surface area contributed by atoms with Crippen LogP contribution in [0.5, 0.6) is 0 Å². The first-order valence-electron chi connectivity index (χ1n) is 6.70. The van der Waals surface area contributed by atoms with Gasteiger partial charge in [0.15, 0.2) is 5.76 Å². The van der Waals surface area contributed by atoms with Gasteiger partial charge in [-0.25, -0.2) is 4.79 Å². The van der Waals surface area contributed by atoms with Crippen molar-refractivity contribution in [1.29, 1.82) is 0 Å². The van der Waals surface area contributed by atoms with Crippen LogP contribution >= 0.6 is 27.5 Å². The monoisotopic (exact) mass is 391 g/mol. The van der Waals surface area contributed by atoms with E-state index in [0.717, 1.165) is 15.6 Å². The average Bonchev–Trinajstić information content (AvgIpc) is 2.96. The summed E-state index contributed by atoms with van der Waals surface area (Å²) in [6, 6.07) is 14.2. The third kappa shape index (κ3) is 3.16. The predicted octanol–water partition coefficient (Wildman–Crippen LogP) is 5.21. The van der Waals surface area contributed by atoms with Crippen molar-refractivity contribution in [2.24, 2.45) is 0 Å². The van der Waals surface area contributed by atoms with Crippen molar-refractivity contribution in [3.8, 4) is 22.6 Å². The zero-order valence-electron chi connectivity index (χ0n) is 12.0. The largest absolute Gasteiger partial charge is 0.465 e.